The second-order valence-corrected chi connectivity index (χ2v) is 5.90. The van der Waals surface area contributed by atoms with E-state index in [2.05, 4.69) is 9.55 Å². The number of benzene rings is 1. The largest absolute Gasteiger partial charge is 0.463 e. The van der Waals surface area contributed by atoms with Gasteiger partial charge in [0.1, 0.15) is 5.54 Å². The van der Waals surface area contributed by atoms with E-state index in [0.29, 0.717) is 6.61 Å². The maximum absolute atomic E-state index is 11.4. The van der Waals surface area contributed by atoms with Crippen LogP contribution in [-0.2, 0) is 22.1 Å². The van der Waals surface area contributed by atoms with Gasteiger partial charge in [0.05, 0.1) is 13.7 Å². The van der Waals surface area contributed by atoms with Gasteiger partial charge in [0.2, 0.25) is 0 Å². The molecule has 22 heavy (non-hydrogen) atoms. The van der Waals surface area contributed by atoms with Crippen molar-refractivity contribution in [3.63, 3.8) is 0 Å². The van der Waals surface area contributed by atoms with Crippen molar-refractivity contribution < 1.29 is 14.1 Å². The van der Waals surface area contributed by atoms with Crippen LogP contribution in [0.25, 0.3) is 17.1 Å². The summed E-state index contributed by atoms with van der Waals surface area (Å²) in [7, 11) is 2.04. The molecule has 0 radical (unpaired) electrons. The highest BCUT2D eigenvalue weighted by molar-refractivity contribution is 5.88. The zero-order chi connectivity index (χ0) is 15.7. The highest BCUT2D eigenvalue weighted by atomic mass is 16.5. The molecular weight excluding hydrogens is 278 g/mol. The number of aromatic nitrogens is 2. The summed E-state index contributed by atoms with van der Waals surface area (Å²) < 4.78 is 7.02. The van der Waals surface area contributed by atoms with Gasteiger partial charge in [-0.2, -0.15) is 0 Å². The van der Waals surface area contributed by atoms with E-state index >= 15 is 0 Å². The number of carbonyl (C=O) groups excluding carboxylic acids is 1. The van der Waals surface area contributed by atoms with Crippen LogP contribution in [0.5, 0.6) is 0 Å². The minimum absolute atomic E-state index is 0.227. The lowest BCUT2D eigenvalue weighted by Gasteiger charge is -2.33. The van der Waals surface area contributed by atoms with Crippen molar-refractivity contribution in [3.05, 3.63) is 35.7 Å². The first-order valence-corrected chi connectivity index (χ1v) is 7.69. The Labute approximate surface area is 129 Å². The molecule has 0 unspecified atom stereocenters. The number of nitrogens with one attached hydrogen (secondary N) is 1. The standard InChI is InChI=1S/C17H21N3O2/c1-3-22-15(21)8-6-12-5-7-14-13(11-12)19-16(20(14)2)17(18)9-4-10-17/h5-8,11H,3-4,9-10,18H2,1-2H3/p+1/b8-6+. The molecule has 2 aromatic rings. The van der Waals surface area contributed by atoms with Gasteiger partial charge >= 0.3 is 5.97 Å². The second-order valence-electron chi connectivity index (χ2n) is 5.90. The molecule has 1 heterocycles. The van der Waals surface area contributed by atoms with E-state index in [1.165, 1.54) is 12.5 Å². The Hall–Kier alpha value is -2.14. The van der Waals surface area contributed by atoms with Gasteiger partial charge < -0.3 is 10.5 Å². The minimum Gasteiger partial charge on any atom is -0.463 e. The van der Waals surface area contributed by atoms with Crippen LogP contribution >= 0.6 is 0 Å². The van der Waals surface area contributed by atoms with Gasteiger partial charge in [-0.3, -0.25) is 0 Å². The van der Waals surface area contributed by atoms with E-state index in [1.54, 1.807) is 13.0 Å². The average Bonchev–Trinajstić information content (AvgIpc) is 2.80. The Morgan fingerprint density at radius 1 is 1.50 bits per heavy atom. The maximum atomic E-state index is 11.4. The molecule has 0 aliphatic heterocycles. The first-order valence-electron chi connectivity index (χ1n) is 7.69. The summed E-state index contributed by atoms with van der Waals surface area (Å²) in [5.74, 6) is 0.746. The van der Waals surface area contributed by atoms with Crippen LogP contribution in [0.2, 0.25) is 0 Å². The first kappa shape index (κ1) is 14.8. The zero-order valence-electron chi connectivity index (χ0n) is 13.1. The van der Waals surface area contributed by atoms with Crippen LogP contribution in [0, 0.1) is 0 Å². The zero-order valence-corrected chi connectivity index (χ0v) is 13.1. The fraction of sp³-hybridized carbons (Fsp3) is 0.412. The Morgan fingerprint density at radius 3 is 2.91 bits per heavy atom. The molecule has 1 aliphatic carbocycles. The predicted octanol–water partition coefficient (Wildman–Crippen LogP) is 1.91. The summed E-state index contributed by atoms with van der Waals surface area (Å²) in [6.45, 7) is 2.18. The van der Waals surface area contributed by atoms with Crippen molar-refractivity contribution >= 4 is 23.1 Å². The number of aromatic amines is 1. The van der Waals surface area contributed by atoms with Crippen LogP contribution in [0.4, 0.5) is 0 Å². The number of H-pyrrole nitrogens is 1. The summed E-state index contributed by atoms with van der Waals surface area (Å²) in [6.07, 6.45) is 6.43. The molecule has 3 rings (SSSR count). The number of esters is 1. The molecule has 0 saturated heterocycles. The average molecular weight is 300 g/mol. The Bertz CT molecular complexity index is 742. The molecule has 0 spiro atoms. The van der Waals surface area contributed by atoms with Crippen LogP contribution in [0.1, 0.15) is 37.6 Å². The molecule has 5 heteroatoms. The summed E-state index contributed by atoms with van der Waals surface area (Å²) in [6, 6.07) is 6.05. The SMILES string of the molecule is CCOC(=O)/C=C/c1ccc2c(c1)[nH]c(C1(N)CCC1)[n+]2C. The summed E-state index contributed by atoms with van der Waals surface area (Å²) in [4.78, 5) is 14.8. The number of hydrogen-bond acceptors (Lipinski definition) is 3. The lowest BCUT2D eigenvalue weighted by Crippen LogP contribution is -2.52. The van der Waals surface area contributed by atoms with Crippen molar-refractivity contribution in [2.24, 2.45) is 12.8 Å². The maximum Gasteiger partial charge on any atom is 0.330 e. The van der Waals surface area contributed by atoms with Gasteiger partial charge in [0.25, 0.3) is 5.82 Å². The van der Waals surface area contributed by atoms with Gasteiger partial charge in [-0.25, -0.2) is 14.3 Å². The van der Waals surface area contributed by atoms with Crippen LogP contribution < -0.4 is 10.3 Å². The number of nitrogens with two attached hydrogens (primary N) is 1. The van der Waals surface area contributed by atoms with Crippen LogP contribution in [-0.4, -0.2) is 17.6 Å². The number of hydrogen-bond donors (Lipinski definition) is 2. The molecule has 116 valence electrons. The molecule has 1 saturated carbocycles. The minimum atomic E-state index is -0.323. The van der Waals surface area contributed by atoms with E-state index in [0.717, 1.165) is 35.3 Å². The Balaban J connectivity index is 1.92. The molecule has 1 aliphatic rings. The molecule has 5 nitrogen and oxygen atoms in total. The smallest absolute Gasteiger partial charge is 0.330 e. The molecule has 1 fully saturated rings. The number of rotatable bonds is 4. The summed E-state index contributed by atoms with van der Waals surface area (Å²) in [5, 5.41) is 0. The Kier molecular flexibility index (Phi) is 3.74. The fourth-order valence-electron chi connectivity index (χ4n) is 2.99. The monoisotopic (exact) mass is 300 g/mol. The molecule has 1 aromatic heterocycles. The third-order valence-electron chi connectivity index (χ3n) is 4.39. The van der Waals surface area contributed by atoms with Crippen LogP contribution in [0.15, 0.2) is 24.3 Å². The van der Waals surface area contributed by atoms with Gasteiger partial charge in [-0.05, 0) is 50.0 Å². The molecule has 1 aromatic carbocycles. The summed E-state index contributed by atoms with van der Waals surface area (Å²) >= 11 is 0. The molecule has 3 N–H and O–H groups in total. The van der Waals surface area contributed by atoms with Crippen molar-refractivity contribution in [1.82, 2.24) is 4.98 Å². The van der Waals surface area contributed by atoms with E-state index < -0.39 is 0 Å². The van der Waals surface area contributed by atoms with E-state index in [-0.39, 0.29) is 11.5 Å². The normalized spacial score (nSPS) is 16.9. The van der Waals surface area contributed by atoms with E-state index in [9.17, 15) is 4.79 Å². The van der Waals surface area contributed by atoms with Gasteiger partial charge in [0.15, 0.2) is 11.0 Å². The predicted molar refractivity (Wildman–Crippen MR) is 84.9 cm³/mol. The fourth-order valence-corrected chi connectivity index (χ4v) is 2.99. The Morgan fingerprint density at radius 2 is 2.27 bits per heavy atom. The summed E-state index contributed by atoms with van der Waals surface area (Å²) in [5.41, 5.74) is 9.30. The number of imidazole rings is 1. The number of fused-ring (bicyclic) bond motifs is 1. The van der Waals surface area contributed by atoms with Gasteiger partial charge in [0, 0.05) is 6.08 Å². The van der Waals surface area contributed by atoms with Crippen molar-refractivity contribution in [1.29, 1.82) is 0 Å². The third kappa shape index (κ3) is 2.52. The first-order chi connectivity index (χ1) is 10.5. The van der Waals surface area contributed by atoms with Crippen molar-refractivity contribution in [2.75, 3.05) is 6.61 Å². The highest BCUT2D eigenvalue weighted by Crippen LogP contribution is 2.37. The lowest BCUT2D eigenvalue weighted by atomic mass is 9.77. The van der Waals surface area contributed by atoms with E-state index in [1.807, 2.05) is 25.2 Å². The van der Waals surface area contributed by atoms with E-state index in [4.69, 9.17) is 10.5 Å². The lowest BCUT2D eigenvalue weighted by molar-refractivity contribution is -0.658. The molecule has 0 atom stereocenters. The van der Waals surface area contributed by atoms with Crippen LogP contribution in [0.3, 0.4) is 0 Å². The van der Waals surface area contributed by atoms with Crippen molar-refractivity contribution in [3.8, 4) is 0 Å². The topological polar surface area (TPSA) is 72.0 Å². The molecular formula is C17H22N3O2+. The number of carbonyl (C=O) groups is 1. The number of ether oxygens (including phenoxy) is 1. The quantitative estimate of drug-likeness (QED) is 0.515. The van der Waals surface area contributed by atoms with Gasteiger partial charge in [-0.1, -0.05) is 6.07 Å². The number of nitrogens with zero attached hydrogens (tertiary/aromatic N) is 1. The third-order valence-corrected chi connectivity index (χ3v) is 4.39. The second kappa shape index (κ2) is 5.57. The number of aryl methyl sites for hydroxylation is 1. The highest BCUT2D eigenvalue weighted by Gasteiger charge is 2.43. The molecule has 0 amide bonds. The van der Waals surface area contributed by atoms with Crippen molar-refractivity contribution in [2.45, 2.75) is 31.7 Å². The van der Waals surface area contributed by atoms with Gasteiger partial charge in [-0.15, -0.1) is 0 Å². The molecule has 0 bridgehead atoms.